The van der Waals surface area contributed by atoms with Gasteiger partial charge in [0.15, 0.2) is 0 Å². The zero-order valence-electron chi connectivity index (χ0n) is 16.4. The van der Waals surface area contributed by atoms with Crippen LogP contribution >= 0.6 is 0 Å². The number of aliphatic hydroxyl groups is 5. The van der Waals surface area contributed by atoms with E-state index in [2.05, 4.69) is 6.92 Å². The van der Waals surface area contributed by atoms with E-state index in [4.69, 9.17) is 9.47 Å². The van der Waals surface area contributed by atoms with Crippen molar-refractivity contribution in [2.45, 2.75) is 94.9 Å². The van der Waals surface area contributed by atoms with Crippen LogP contribution in [-0.4, -0.2) is 75.4 Å². The van der Waals surface area contributed by atoms with Gasteiger partial charge in [0.25, 0.3) is 0 Å². The van der Waals surface area contributed by atoms with Gasteiger partial charge in [-0.15, -0.1) is 0 Å². The van der Waals surface area contributed by atoms with E-state index >= 15 is 0 Å². The Kier molecular flexibility index (Phi) is 10.7. The summed E-state index contributed by atoms with van der Waals surface area (Å²) in [4.78, 5) is 12.2. The van der Waals surface area contributed by atoms with Crippen molar-refractivity contribution >= 4 is 5.97 Å². The van der Waals surface area contributed by atoms with Crippen LogP contribution in [0.4, 0.5) is 0 Å². The second-order valence-corrected chi connectivity index (χ2v) is 7.36. The van der Waals surface area contributed by atoms with Gasteiger partial charge in [0.2, 0.25) is 5.79 Å². The monoisotopic (exact) mass is 392 g/mol. The molecule has 1 fully saturated rings. The molecule has 0 aromatic carbocycles. The summed E-state index contributed by atoms with van der Waals surface area (Å²) in [5.74, 6) is -4.46. The summed E-state index contributed by atoms with van der Waals surface area (Å²) >= 11 is 0. The molecule has 1 heterocycles. The molecule has 2 unspecified atom stereocenters. The van der Waals surface area contributed by atoms with E-state index in [0.29, 0.717) is 6.42 Å². The third-order valence-corrected chi connectivity index (χ3v) is 5.33. The normalized spacial score (nSPS) is 32.3. The third-order valence-electron chi connectivity index (χ3n) is 5.33. The standard InChI is InChI=1S/C19H36O8/c1-3-4-5-6-7-8-9-10-11-13(18(24)26-2)19(25)17(23)16(22)15(21)14(12-20)27-19/h13-17,20-23,25H,3-12H2,1-2H3/t13?,14-,15-,16+,17-,19?/m1/s1. The Morgan fingerprint density at radius 1 is 1.04 bits per heavy atom. The van der Waals surface area contributed by atoms with Crippen molar-refractivity contribution in [1.82, 2.24) is 0 Å². The number of methoxy groups -OCH3 is 1. The Bertz CT molecular complexity index is 430. The summed E-state index contributed by atoms with van der Waals surface area (Å²) in [6, 6.07) is 0. The summed E-state index contributed by atoms with van der Waals surface area (Å²) in [6.07, 6.45) is 1.98. The van der Waals surface area contributed by atoms with E-state index in [1.807, 2.05) is 0 Å². The fraction of sp³-hybridized carbons (Fsp3) is 0.947. The number of hydrogen-bond donors (Lipinski definition) is 5. The average Bonchev–Trinajstić information content (AvgIpc) is 2.67. The summed E-state index contributed by atoms with van der Waals surface area (Å²) in [7, 11) is 1.16. The highest BCUT2D eigenvalue weighted by molar-refractivity contribution is 5.73. The summed E-state index contributed by atoms with van der Waals surface area (Å²) in [5.41, 5.74) is 0. The maximum absolute atomic E-state index is 12.2. The third kappa shape index (κ3) is 6.37. The molecule has 0 radical (unpaired) electrons. The molecule has 8 heteroatoms. The summed E-state index contributed by atoms with van der Waals surface area (Å²) in [6.45, 7) is 1.48. The lowest BCUT2D eigenvalue weighted by atomic mass is 9.82. The van der Waals surface area contributed by atoms with Gasteiger partial charge in [0, 0.05) is 0 Å². The molecule has 0 saturated carbocycles. The quantitative estimate of drug-likeness (QED) is 0.239. The first-order valence-corrected chi connectivity index (χ1v) is 9.96. The van der Waals surface area contributed by atoms with Gasteiger partial charge in [-0.2, -0.15) is 0 Å². The van der Waals surface area contributed by atoms with E-state index < -0.39 is 48.7 Å². The highest BCUT2D eigenvalue weighted by atomic mass is 16.7. The molecule has 0 aromatic heterocycles. The second-order valence-electron chi connectivity index (χ2n) is 7.36. The molecular weight excluding hydrogens is 356 g/mol. The molecule has 0 aromatic rings. The smallest absolute Gasteiger partial charge is 0.314 e. The number of unbranched alkanes of at least 4 members (excludes halogenated alkanes) is 7. The van der Waals surface area contributed by atoms with Crippen LogP contribution in [0.1, 0.15) is 64.7 Å². The van der Waals surface area contributed by atoms with E-state index in [1.165, 1.54) is 25.7 Å². The Morgan fingerprint density at radius 3 is 2.11 bits per heavy atom. The largest absolute Gasteiger partial charge is 0.469 e. The van der Waals surface area contributed by atoms with Crippen LogP contribution in [0.25, 0.3) is 0 Å². The number of carbonyl (C=O) groups excluding carboxylic acids is 1. The van der Waals surface area contributed by atoms with Crippen molar-refractivity contribution in [3.8, 4) is 0 Å². The fourth-order valence-corrected chi connectivity index (χ4v) is 3.58. The maximum Gasteiger partial charge on any atom is 0.314 e. The predicted octanol–water partition coefficient (Wildman–Crippen LogP) is 0.469. The first-order chi connectivity index (χ1) is 12.8. The molecule has 0 bridgehead atoms. The lowest BCUT2D eigenvalue weighted by Crippen LogP contribution is -2.68. The fourth-order valence-electron chi connectivity index (χ4n) is 3.58. The van der Waals surface area contributed by atoms with E-state index in [-0.39, 0.29) is 6.42 Å². The van der Waals surface area contributed by atoms with Crippen molar-refractivity contribution in [2.24, 2.45) is 5.92 Å². The number of ether oxygens (including phenoxy) is 2. The van der Waals surface area contributed by atoms with Crippen LogP contribution in [0, 0.1) is 5.92 Å². The Hall–Kier alpha value is -0.770. The molecule has 0 spiro atoms. The van der Waals surface area contributed by atoms with Crippen molar-refractivity contribution in [2.75, 3.05) is 13.7 Å². The zero-order valence-corrected chi connectivity index (χ0v) is 16.4. The Labute approximate surface area is 161 Å². The molecule has 160 valence electrons. The van der Waals surface area contributed by atoms with E-state index in [0.717, 1.165) is 26.4 Å². The zero-order chi connectivity index (χ0) is 20.4. The molecule has 1 aliphatic heterocycles. The molecule has 8 nitrogen and oxygen atoms in total. The topological polar surface area (TPSA) is 137 Å². The van der Waals surface area contributed by atoms with Gasteiger partial charge in [-0.3, -0.25) is 4.79 Å². The van der Waals surface area contributed by atoms with Crippen LogP contribution in [0.3, 0.4) is 0 Å². The maximum atomic E-state index is 12.2. The molecule has 1 rings (SSSR count). The van der Waals surface area contributed by atoms with Crippen molar-refractivity contribution in [1.29, 1.82) is 0 Å². The lowest BCUT2D eigenvalue weighted by Gasteiger charge is -2.48. The molecule has 0 aliphatic carbocycles. The van der Waals surface area contributed by atoms with Crippen molar-refractivity contribution in [3.63, 3.8) is 0 Å². The number of hydrogen-bond acceptors (Lipinski definition) is 8. The SMILES string of the molecule is CCCCCCCCCCC(C(=O)OC)C1(O)O[C@H](CO)[C@@H](O)[C@H](O)[C@H]1O. The Morgan fingerprint density at radius 2 is 1.59 bits per heavy atom. The number of rotatable bonds is 12. The van der Waals surface area contributed by atoms with Gasteiger partial charge >= 0.3 is 5.97 Å². The lowest BCUT2D eigenvalue weighted by molar-refractivity contribution is -0.365. The van der Waals surface area contributed by atoms with Crippen LogP contribution in [0.15, 0.2) is 0 Å². The second kappa shape index (κ2) is 11.9. The minimum absolute atomic E-state index is 0.191. The number of esters is 1. The first-order valence-electron chi connectivity index (χ1n) is 9.96. The van der Waals surface area contributed by atoms with Crippen LogP contribution in [0.5, 0.6) is 0 Å². The molecule has 6 atom stereocenters. The van der Waals surface area contributed by atoms with Crippen LogP contribution in [0.2, 0.25) is 0 Å². The minimum Gasteiger partial charge on any atom is -0.469 e. The van der Waals surface area contributed by atoms with E-state index in [9.17, 15) is 30.3 Å². The van der Waals surface area contributed by atoms with Gasteiger partial charge in [-0.05, 0) is 6.42 Å². The van der Waals surface area contributed by atoms with Crippen molar-refractivity contribution in [3.05, 3.63) is 0 Å². The van der Waals surface area contributed by atoms with Gasteiger partial charge in [-0.25, -0.2) is 0 Å². The molecule has 5 N–H and O–H groups in total. The molecular formula is C19H36O8. The minimum atomic E-state index is -2.44. The van der Waals surface area contributed by atoms with Gasteiger partial charge in [0.1, 0.15) is 30.3 Å². The average molecular weight is 392 g/mol. The summed E-state index contributed by atoms with van der Waals surface area (Å²) in [5, 5.41) is 50.2. The Balaban J connectivity index is 2.68. The summed E-state index contributed by atoms with van der Waals surface area (Å²) < 4.78 is 10.0. The number of carbonyl (C=O) groups is 1. The first kappa shape index (κ1) is 24.3. The van der Waals surface area contributed by atoms with Crippen LogP contribution < -0.4 is 0 Å². The highest BCUT2D eigenvalue weighted by Crippen LogP contribution is 2.37. The predicted molar refractivity (Wildman–Crippen MR) is 97.7 cm³/mol. The van der Waals surface area contributed by atoms with Crippen molar-refractivity contribution < 1.29 is 39.8 Å². The van der Waals surface area contributed by atoms with E-state index in [1.54, 1.807) is 0 Å². The van der Waals surface area contributed by atoms with Gasteiger partial charge < -0.3 is 35.0 Å². The molecule has 1 aliphatic rings. The number of aliphatic hydroxyl groups excluding tert-OH is 4. The van der Waals surface area contributed by atoms with Gasteiger partial charge in [0.05, 0.1) is 13.7 Å². The molecule has 27 heavy (non-hydrogen) atoms. The highest BCUT2D eigenvalue weighted by Gasteiger charge is 2.58. The van der Waals surface area contributed by atoms with Crippen LogP contribution in [-0.2, 0) is 14.3 Å². The van der Waals surface area contributed by atoms with Gasteiger partial charge in [-0.1, -0.05) is 58.3 Å². The molecule has 0 amide bonds. The molecule has 1 saturated heterocycles.